The van der Waals surface area contributed by atoms with E-state index in [-0.39, 0.29) is 18.9 Å². The number of carboxylic acid groups (broad SMARTS) is 1. The SMILES string of the molecule is CCCCCC/C=C/[C@H]1OC(O)C[C@H](O)C1OC1CC1CCCC(=O)O. The molecule has 2 fully saturated rings. The average molecular weight is 370 g/mol. The van der Waals surface area contributed by atoms with E-state index in [1.165, 1.54) is 19.3 Å². The summed E-state index contributed by atoms with van der Waals surface area (Å²) in [6.45, 7) is 2.18. The standard InChI is InChI=1S/C20H34O6/c1-2-3-4-5-6-7-10-16-20(15(21)13-19(24)25-16)26-17-12-14(17)9-8-11-18(22)23/h7,10,14-17,19-21,24H,2-6,8-9,11-13H2,1H3,(H,22,23)/b10-7+/t14?,15-,16+,17?,19?,20?/m0/s1. The summed E-state index contributed by atoms with van der Waals surface area (Å²) in [5.74, 6) is -0.399. The Morgan fingerprint density at radius 2 is 2.00 bits per heavy atom. The number of hydrogen-bond donors (Lipinski definition) is 3. The van der Waals surface area contributed by atoms with Crippen LogP contribution in [-0.2, 0) is 14.3 Å². The number of carbonyl (C=O) groups is 1. The minimum Gasteiger partial charge on any atom is -0.481 e. The van der Waals surface area contributed by atoms with Crippen LogP contribution in [-0.4, -0.2) is 52.0 Å². The summed E-state index contributed by atoms with van der Waals surface area (Å²) in [5, 5.41) is 28.8. The first kappa shape index (κ1) is 21.4. The molecule has 0 aromatic carbocycles. The molecular weight excluding hydrogens is 336 g/mol. The van der Waals surface area contributed by atoms with Gasteiger partial charge >= 0.3 is 5.97 Å². The Morgan fingerprint density at radius 3 is 2.73 bits per heavy atom. The Labute approximate surface area is 156 Å². The molecule has 1 saturated carbocycles. The fourth-order valence-corrected chi connectivity index (χ4v) is 3.52. The van der Waals surface area contributed by atoms with Crippen molar-refractivity contribution in [2.24, 2.45) is 5.92 Å². The molecule has 2 aliphatic rings. The quantitative estimate of drug-likeness (QED) is 0.361. The van der Waals surface area contributed by atoms with E-state index in [4.69, 9.17) is 14.6 Å². The van der Waals surface area contributed by atoms with E-state index in [1.54, 1.807) is 0 Å². The van der Waals surface area contributed by atoms with Crippen molar-refractivity contribution < 1.29 is 29.6 Å². The molecule has 6 atom stereocenters. The van der Waals surface area contributed by atoms with Gasteiger partial charge in [-0.3, -0.25) is 4.79 Å². The highest BCUT2D eigenvalue weighted by Gasteiger charge is 2.44. The van der Waals surface area contributed by atoms with E-state index in [0.717, 1.165) is 25.7 Å². The Bertz CT molecular complexity index is 452. The minimum absolute atomic E-state index is 0.0581. The first-order valence-electron chi connectivity index (χ1n) is 10.1. The number of carboxylic acids is 1. The Hall–Kier alpha value is -0.950. The largest absolute Gasteiger partial charge is 0.481 e. The smallest absolute Gasteiger partial charge is 0.303 e. The summed E-state index contributed by atoms with van der Waals surface area (Å²) in [5.41, 5.74) is 0. The van der Waals surface area contributed by atoms with Gasteiger partial charge in [0.1, 0.15) is 12.2 Å². The number of hydrogen-bond acceptors (Lipinski definition) is 5. The van der Waals surface area contributed by atoms with Gasteiger partial charge in [-0.2, -0.15) is 0 Å². The zero-order valence-corrected chi connectivity index (χ0v) is 15.8. The van der Waals surface area contributed by atoms with E-state index < -0.39 is 30.6 Å². The van der Waals surface area contributed by atoms with E-state index in [2.05, 4.69) is 13.0 Å². The van der Waals surface area contributed by atoms with Crippen molar-refractivity contribution in [3.63, 3.8) is 0 Å². The predicted octanol–water partition coefficient (Wildman–Crippen LogP) is 3.01. The molecule has 1 aliphatic heterocycles. The second kappa shape index (κ2) is 11.0. The molecule has 1 heterocycles. The van der Waals surface area contributed by atoms with Crippen molar-refractivity contribution in [3.8, 4) is 0 Å². The molecule has 1 saturated heterocycles. The van der Waals surface area contributed by atoms with Gasteiger partial charge in [-0.25, -0.2) is 0 Å². The summed E-state index contributed by atoms with van der Waals surface area (Å²) in [4.78, 5) is 10.6. The molecule has 0 aromatic heterocycles. The van der Waals surface area contributed by atoms with Crippen LogP contribution >= 0.6 is 0 Å². The highest BCUT2D eigenvalue weighted by molar-refractivity contribution is 5.66. The third-order valence-corrected chi connectivity index (χ3v) is 5.17. The fourth-order valence-electron chi connectivity index (χ4n) is 3.52. The molecule has 0 aromatic rings. The first-order valence-corrected chi connectivity index (χ1v) is 10.1. The lowest BCUT2D eigenvalue weighted by molar-refractivity contribution is -0.233. The lowest BCUT2D eigenvalue weighted by Gasteiger charge is -2.36. The van der Waals surface area contributed by atoms with Gasteiger partial charge in [0.2, 0.25) is 0 Å². The van der Waals surface area contributed by atoms with E-state index in [0.29, 0.717) is 12.3 Å². The molecule has 26 heavy (non-hydrogen) atoms. The molecule has 4 unspecified atom stereocenters. The molecule has 150 valence electrons. The maximum absolute atomic E-state index is 10.6. The molecule has 2 rings (SSSR count). The Morgan fingerprint density at radius 1 is 1.19 bits per heavy atom. The molecule has 0 spiro atoms. The van der Waals surface area contributed by atoms with Crippen molar-refractivity contribution in [3.05, 3.63) is 12.2 Å². The van der Waals surface area contributed by atoms with Crippen molar-refractivity contribution in [2.45, 2.75) is 102 Å². The molecule has 3 N–H and O–H groups in total. The number of allylic oxidation sites excluding steroid dienone is 1. The van der Waals surface area contributed by atoms with E-state index in [1.807, 2.05) is 6.08 Å². The van der Waals surface area contributed by atoms with Gasteiger partial charge in [0.15, 0.2) is 6.29 Å². The maximum atomic E-state index is 10.6. The number of unbranched alkanes of at least 4 members (excludes halogenated alkanes) is 4. The number of aliphatic hydroxyl groups is 2. The van der Waals surface area contributed by atoms with Gasteiger partial charge in [-0.15, -0.1) is 0 Å². The molecule has 0 bridgehead atoms. The number of aliphatic hydroxyl groups excluding tert-OH is 2. The van der Waals surface area contributed by atoms with Crippen LogP contribution in [0.15, 0.2) is 12.2 Å². The number of ether oxygens (including phenoxy) is 2. The van der Waals surface area contributed by atoms with Crippen LogP contribution in [0.25, 0.3) is 0 Å². The van der Waals surface area contributed by atoms with Crippen LogP contribution < -0.4 is 0 Å². The van der Waals surface area contributed by atoms with Crippen LogP contribution in [0.1, 0.15) is 71.1 Å². The molecular formula is C20H34O6. The first-order chi connectivity index (χ1) is 12.5. The highest BCUT2D eigenvalue weighted by atomic mass is 16.6. The lowest BCUT2D eigenvalue weighted by Crippen LogP contribution is -2.49. The van der Waals surface area contributed by atoms with Crippen molar-refractivity contribution in [1.29, 1.82) is 0 Å². The zero-order chi connectivity index (χ0) is 18.9. The minimum atomic E-state index is -0.967. The van der Waals surface area contributed by atoms with Gasteiger partial charge in [0, 0.05) is 12.8 Å². The van der Waals surface area contributed by atoms with Gasteiger partial charge in [-0.05, 0) is 38.0 Å². The van der Waals surface area contributed by atoms with E-state index >= 15 is 0 Å². The van der Waals surface area contributed by atoms with Gasteiger partial charge < -0.3 is 24.8 Å². The maximum Gasteiger partial charge on any atom is 0.303 e. The molecule has 1 aliphatic carbocycles. The van der Waals surface area contributed by atoms with Crippen LogP contribution in [0.2, 0.25) is 0 Å². The van der Waals surface area contributed by atoms with Crippen molar-refractivity contribution in [1.82, 2.24) is 0 Å². The fraction of sp³-hybridized carbons (Fsp3) is 0.850. The second-order valence-corrected chi connectivity index (χ2v) is 7.56. The van der Waals surface area contributed by atoms with E-state index in [9.17, 15) is 15.0 Å². The molecule has 0 amide bonds. The number of rotatable bonds is 12. The van der Waals surface area contributed by atoms with Crippen molar-refractivity contribution >= 4 is 5.97 Å². The third kappa shape index (κ3) is 7.35. The number of aliphatic carboxylic acids is 1. The zero-order valence-electron chi connectivity index (χ0n) is 15.8. The summed E-state index contributed by atoms with van der Waals surface area (Å²) >= 11 is 0. The Kier molecular flexibility index (Phi) is 9.05. The van der Waals surface area contributed by atoms with Crippen molar-refractivity contribution in [2.75, 3.05) is 0 Å². The predicted molar refractivity (Wildman–Crippen MR) is 97.7 cm³/mol. The molecule has 0 radical (unpaired) electrons. The highest BCUT2D eigenvalue weighted by Crippen LogP contribution is 2.40. The van der Waals surface area contributed by atoms with Crippen LogP contribution in [0.3, 0.4) is 0 Å². The average Bonchev–Trinajstić information content (AvgIpc) is 3.31. The summed E-state index contributed by atoms with van der Waals surface area (Å²) < 4.78 is 11.6. The summed E-state index contributed by atoms with van der Waals surface area (Å²) in [7, 11) is 0. The van der Waals surface area contributed by atoms with Gasteiger partial charge in [0.05, 0.1) is 12.2 Å². The monoisotopic (exact) mass is 370 g/mol. The third-order valence-electron chi connectivity index (χ3n) is 5.17. The Balaban J connectivity index is 1.77. The van der Waals surface area contributed by atoms with Crippen LogP contribution in [0.4, 0.5) is 0 Å². The lowest BCUT2D eigenvalue weighted by atomic mass is 10.00. The van der Waals surface area contributed by atoms with Gasteiger partial charge in [0.25, 0.3) is 0 Å². The summed E-state index contributed by atoms with van der Waals surface area (Å²) in [6.07, 6.45) is 9.85. The van der Waals surface area contributed by atoms with Crippen LogP contribution in [0.5, 0.6) is 0 Å². The second-order valence-electron chi connectivity index (χ2n) is 7.56. The van der Waals surface area contributed by atoms with Crippen LogP contribution in [0, 0.1) is 5.92 Å². The molecule has 6 nitrogen and oxygen atoms in total. The van der Waals surface area contributed by atoms with Gasteiger partial charge in [-0.1, -0.05) is 38.3 Å². The summed E-state index contributed by atoms with van der Waals surface area (Å²) in [6, 6.07) is 0. The normalized spacial score (nSPS) is 34.3. The molecule has 6 heteroatoms. The topological polar surface area (TPSA) is 96.2 Å².